The smallest absolute Gasteiger partial charge is 0.155 e. The number of rotatable bonds is 4. The molecule has 1 fully saturated rings. The van der Waals surface area contributed by atoms with E-state index in [1.807, 2.05) is 16.6 Å². The largest absolute Gasteiger partial charge is 0.352 e. The van der Waals surface area contributed by atoms with Gasteiger partial charge >= 0.3 is 0 Å². The van der Waals surface area contributed by atoms with Crippen molar-refractivity contribution >= 4 is 11.5 Å². The number of aromatic nitrogens is 4. The zero-order valence-corrected chi connectivity index (χ0v) is 18.7. The van der Waals surface area contributed by atoms with Crippen molar-refractivity contribution in [2.24, 2.45) is 0 Å². The third-order valence-electron chi connectivity index (χ3n) is 6.19. The highest BCUT2D eigenvalue weighted by Gasteiger charge is 2.24. The first-order chi connectivity index (χ1) is 15.5. The van der Waals surface area contributed by atoms with Crippen molar-refractivity contribution < 1.29 is 4.39 Å². The van der Waals surface area contributed by atoms with Crippen LogP contribution in [0.1, 0.15) is 19.4 Å². The lowest BCUT2D eigenvalue weighted by Crippen LogP contribution is -2.49. The molecule has 0 radical (unpaired) electrons. The lowest BCUT2D eigenvalue weighted by Gasteiger charge is -2.37. The molecule has 0 N–H and O–H groups in total. The van der Waals surface area contributed by atoms with Gasteiger partial charge in [-0.3, -0.25) is 9.88 Å². The van der Waals surface area contributed by atoms with Gasteiger partial charge in [0.2, 0.25) is 0 Å². The van der Waals surface area contributed by atoms with Gasteiger partial charge in [-0.05, 0) is 68.8 Å². The van der Waals surface area contributed by atoms with E-state index in [1.165, 1.54) is 12.1 Å². The predicted octanol–water partition coefficient (Wildman–Crippen LogP) is 4.44. The Kier molecular flexibility index (Phi) is 5.35. The van der Waals surface area contributed by atoms with E-state index in [2.05, 4.69) is 41.6 Å². The molecule has 1 aromatic carbocycles. The second-order valence-corrected chi connectivity index (χ2v) is 8.59. The first kappa shape index (κ1) is 20.6. The first-order valence-corrected chi connectivity index (χ1v) is 11.1. The van der Waals surface area contributed by atoms with Gasteiger partial charge in [0.1, 0.15) is 11.5 Å². The number of anilines is 1. The highest BCUT2D eigenvalue weighted by atomic mass is 19.1. The summed E-state index contributed by atoms with van der Waals surface area (Å²) in [5.41, 5.74) is 5.37. The molecule has 5 rings (SSSR count). The summed E-state index contributed by atoms with van der Waals surface area (Å²) in [5, 5.41) is 5.08. The Labute approximate surface area is 187 Å². The van der Waals surface area contributed by atoms with Crippen LogP contribution in [0.3, 0.4) is 0 Å². The average Bonchev–Trinajstić information content (AvgIpc) is 3.17. The van der Waals surface area contributed by atoms with Gasteiger partial charge in [0, 0.05) is 55.7 Å². The fourth-order valence-electron chi connectivity index (χ4n) is 4.40. The molecular formula is C25H27FN6. The average molecular weight is 431 g/mol. The van der Waals surface area contributed by atoms with Gasteiger partial charge in [-0.1, -0.05) is 0 Å². The fraction of sp³-hybridized carbons (Fsp3) is 0.320. The molecule has 3 aromatic heterocycles. The third-order valence-corrected chi connectivity index (χ3v) is 6.19. The van der Waals surface area contributed by atoms with Crippen LogP contribution in [-0.4, -0.2) is 56.7 Å². The minimum absolute atomic E-state index is 0.264. The number of fused-ring (bicyclic) bond motifs is 1. The van der Waals surface area contributed by atoms with Gasteiger partial charge in [-0.15, -0.1) is 5.10 Å². The van der Waals surface area contributed by atoms with E-state index in [1.54, 1.807) is 24.5 Å². The van der Waals surface area contributed by atoms with Crippen LogP contribution in [0.4, 0.5) is 10.2 Å². The van der Waals surface area contributed by atoms with Crippen molar-refractivity contribution in [1.29, 1.82) is 0 Å². The zero-order valence-electron chi connectivity index (χ0n) is 18.7. The van der Waals surface area contributed by atoms with Crippen LogP contribution in [-0.2, 0) is 0 Å². The highest BCUT2D eigenvalue weighted by Crippen LogP contribution is 2.33. The Bertz CT molecular complexity index is 1230. The van der Waals surface area contributed by atoms with Gasteiger partial charge in [0.15, 0.2) is 11.5 Å². The van der Waals surface area contributed by atoms with Gasteiger partial charge < -0.3 is 4.90 Å². The normalized spacial score (nSPS) is 15.1. The van der Waals surface area contributed by atoms with Crippen molar-refractivity contribution in [3.8, 4) is 22.5 Å². The molecule has 4 aromatic rings. The molecule has 0 amide bonds. The summed E-state index contributed by atoms with van der Waals surface area (Å²) in [5.74, 6) is 0.721. The third kappa shape index (κ3) is 3.73. The molecule has 0 bridgehead atoms. The number of hydrogen-bond acceptors (Lipinski definition) is 5. The Morgan fingerprint density at radius 1 is 0.906 bits per heavy atom. The maximum atomic E-state index is 13.6. The van der Waals surface area contributed by atoms with Crippen LogP contribution < -0.4 is 4.90 Å². The summed E-state index contributed by atoms with van der Waals surface area (Å²) in [7, 11) is 0. The maximum absolute atomic E-state index is 13.6. The first-order valence-electron chi connectivity index (χ1n) is 11.1. The van der Waals surface area contributed by atoms with E-state index in [0.717, 1.165) is 65.7 Å². The minimum atomic E-state index is -0.264. The van der Waals surface area contributed by atoms with Crippen molar-refractivity contribution in [3.63, 3.8) is 0 Å². The Morgan fingerprint density at radius 2 is 1.59 bits per heavy atom. The molecule has 1 aliphatic heterocycles. The molecule has 164 valence electrons. The highest BCUT2D eigenvalue weighted by molar-refractivity contribution is 5.82. The predicted molar refractivity (Wildman–Crippen MR) is 125 cm³/mol. The van der Waals surface area contributed by atoms with Crippen molar-refractivity contribution in [2.45, 2.75) is 26.8 Å². The molecule has 1 saturated heterocycles. The van der Waals surface area contributed by atoms with Crippen molar-refractivity contribution in [2.75, 3.05) is 31.1 Å². The molecule has 0 aliphatic carbocycles. The Balaban J connectivity index is 1.64. The second-order valence-electron chi connectivity index (χ2n) is 8.59. The summed E-state index contributed by atoms with van der Waals surface area (Å²) in [4.78, 5) is 13.9. The fourth-order valence-corrected chi connectivity index (χ4v) is 4.40. The summed E-state index contributed by atoms with van der Waals surface area (Å²) in [6.45, 7) is 10.5. The number of pyridine rings is 1. The molecule has 0 unspecified atom stereocenters. The van der Waals surface area contributed by atoms with Crippen LogP contribution in [0, 0.1) is 12.7 Å². The number of piperazine rings is 1. The van der Waals surface area contributed by atoms with Gasteiger partial charge in [0.05, 0.1) is 5.69 Å². The van der Waals surface area contributed by atoms with E-state index >= 15 is 0 Å². The monoisotopic (exact) mass is 430 g/mol. The number of imidazole rings is 1. The molecule has 6 nitrogen and oxygen atoms in total. The van der Waals surface area contributed by atoms with Gasteiger partial charge in [0.25, 0.3) is 0 Å². The quantitative estimate of drug-likeness (QED) is 0.479. The van der Waals surface area contributed by atoms with E-state index in [9.17, 15) is 4.39 Å². The lowest BCUT2D eigenvalue weighted by atomic mass is 10.1. The number of aryl methyl sites for hydroxylation is 1. The molecule has 0 saturated carbocycles. The summed E-state index contributed by atoms with van der Waals surface area (Å²) >= 11 is 0. The van der Waals surface area contributed by atoms with E-state index < -0.39 is 0 Å². The van der Waals surface area contributed by atoms with Gasteiger partial charge in [-0.25, -0.2) is 13.9 Å². The molecule has 32 heavy (non-hydrogen) atoms. The Hall–Kier alpha value is -3.32. The maximum Gasteiger partial charge on any atom is 0.155 e. The topological polar surface area (TPSA) is 49.6 Å². The van der Waals surface area contributed by atoms with Crippen molar-refractivity contribution in [3.05, 3.63) is 66.2 Å². The van der Waals surface area contributed by atoms with Gasteiger partial charge in [-0.2, -0.15) is 0 Å². The molecule has 1 aliphatic rings. The standard InChI is InChI=1S/C25H27FN6/c1-17(2)30-12-14-31(15-13-30)25-18(3)16-22-28-23(19-4-6-21(26)7-5-19)24(32(22)29-25)20-8-10-27-11-9-20/h4-11,16-17H,12-15H2,1-3H3. The second kappa shape index (κ2) is 8.31. The van der Waals surface area contributed by atoms with Crippen LogP contribution in [0.25, 0.3) is 28.2 Å². The van der Waals surface area contributed by atoms with Crippen LogP contribution in [0.2, 0.25) is 0 Å². The molecule has 0 atom stereocenters. The van der Waals surface area contributed by atoms with E-state index in [0.29, 0.717) is 6.04 Å². The number of halogens is 1. The van der Waals surface area contributed by atoms with Crippen molar-refractivity contribution in [1.82, 2.24) is 24.5 Å². The molecular weight excluding hydrogens is 403 g/mol. The summed E-state index contributed by atoms with van der Waals surface area (Å²) in [6, 6.07) is 13.0. The van der Waals surface area contributed by atoms with E-state index in [4.69, 9.17) is 10.1 Å². The number of nitrogens with zero attached hydrogens (tertiary/aromatic N) is 6. The number of hydrogen-bond donors (Lipinski definition) is 0. The lowest BCUT2D eigenvalue weighted by molar-refractivity contribution is 0.209. The SMILES string of the molecule is Cc1cc2nc(-c3ccc(F)cc3)c(-c3ccncc3)n2nc1N1CCN(C(C)C)CC1. The summed E-state index contributed by atoms with van der Waals surface area (Å²) in [6.07, 6.45) is 3.53. The molecule has 0 spiro atoms. The molecule has 7 heteroatoms. The zero-order chi connectivity index (χ0) is 22.2. The number of benzene rings is 1. The Morgan fingerprint density at radius 3 is 2.25 bits per heavy atom. The minimum Gasteiger partial charge on any atom is -0.352 e. The molecule has 4 heterocycles. The summed E-state index contributed by atoms with van der Waals surface area (Å²) < 4.78 is 15.5. The van der Waals surface area contributed by atoms with Crippen LogP contribution >= 0.6 is 0 Å². The van der Waals surface area contributed by atoms with E-state index in [-0.39, 0.29) is 5.82 Å². The van der Waals surface area contributed by atoms with Crippen LogP contribution in [0.5, 0.6) is 0 Å². The van der Waals surface area contributed by atoms with Crippen LogP contribution in [0.15, 0.2) is 54.9 Å².